The number of carbonyl (C=O) groups excluding carboxylic acids is 2. The fourth-order valence-electron chi connectivity index (χ4n) is 3.26. The number of thiazole rings is 1. The Kier molecular flexibility index (Phi) is 5.90. The molecule has 0 spiro atoms. The van der Waals surface area contributed by atoms with Crippen LogP contribution in [-0.4, -0.2) is 29.4 Å². The van der Waals surface area contributed by atoms with Crippen LogP contribution >= 0.6 is 11.3 Å². The van der Waals surface area contributed by atoms with Gasteiger partial charge in [0.05, 0.1) is 17.9 Å². The summed E-state index contributed by atoms with van der Waals surface area (Å²) >= 11 is 1.35. The lowest BCUT2D eigenvalue weighted by atomic mass is 10.1. The average Bonchev–Trinajstić information content (AvgIpc) is 3.38. The van der Waals surface area contributed by atoms with E-state index in [4.69, 9.17) is 4.74 Å². The summed E-state index contributed by atoms with van der Waals surface area (Å²) in [6.07, 6.45) is 3.82. The van der Waals surface area contributed by atoms with Crippen LogP contribution in [0, 0.1) is 0 Å². The first-order valence-electron chi connectivity index (χ1n) is 9.62. The summed E-state index contributed by atoms with van der Waals surface area (Å²) in [5, 5.41) is 5.24. The molecule has 152 valence electrons. The molecule has 0 bridgehead atoms. The first kappa shape index (κ1) is 19.8. The summed E-state index contributed by atoms with van der Waals surface area (Å²) in [5.74, 6) is 0.549. The molecule has 0 aliphatic carbocycles. The van der Waals surface area contributed by atoms with Crippen molar-refractivity contribution in [1.29, 1.82) is 0 Å². The summed E-state index contributed by atoms with van der Waals surface area (Å²) in [5.41, 5.74) is 2.54. The first-order valence-corrected chi connectivity index (χ1v) is 10.5. The molecule has 1 atom stereocenters. The van der Waals surface area contributed by atoms with Crippen LogP contribution in [0.15, 0.2) is 66.1 Å². The maximum absolute atomic E-state index is 12.2. The highest BCUT2D eigenvalue weighted by molar-refractivity contribution is 7.14. The lowest BCUT2D eigenvalue weighted by Crippen LogP contribution is -2.33. The lowest BCUT2D eigenvalue weighted by molar-refractivity contribution is -0.117. The van der Waals surface area contributed by atoms with Crippen LogP contribution in [0.5, 0.6) is 5.75 Å². The van der Waals surface area contributed by atoms with Crippen molar-refractivity contribution in [2.24, 2.45) is 0 Å². The number of nitrogens with one attached hydrogen (secondary N) is 1. The third-order valence-electron chi connectivity index (χ3n) is 4.65. The lowest BCUT2D eigenvalue weighted by Gasteiger charge is -2.17. The topological polar surface area (TPSA) is 71.5 Å². The second-order valence-corrected chi connectivity index (χ2v) is 7.71. The summed E-state index contributed by atoms with van der Waals surface area (Å²) in [6.45, 7) is 1.94. The third kappa shape index (κ3) is 4.58. The number of hydrogen-bond donors (Lipinski definition) is 1. The van der Waals surface area contributed by atoms with Gasteiger partial charge in [0.25, 0.3) is 0 Å². The Labute approximate surface area is 178 Å². The van der Waals surface area contributed by atoms with E-state index in [0.717, 1.165) is 23.4 Å². The van der Waals surface area contributed by atoms with Crippen molar-refractivity contribution in [2.75, 3.05) is 11.4 Å². The number of hydrogen-bond acceptors (Lipinski definition) is 5. The van der Waals surface area contributed by atoms with Crippen LogP contribution in [-0.2, 0) is 16.0 Å². The number of aromatic nitrogens is 1. The highest BCUT2D eigenvalue weighted by Crippen LogP contribution is 2.29. The summed E-state index contributed by atoms with van der Waals surface area (Å²) in [6, 6.07) is 17.3. The molecule has 0 radical (unpaired) electrons. The van der Waals surface area contributed by atoms with Gasteiger partial charge in [-0.3, -0.25) is 14.5 Å². The van der Waals surface area contributed by atoms with Gasteiger partial charge in [-0.2, -0.15) is 0 Å². The molecule has 30 heavy (non-hydrogen) atoms. The largest absolute Gasteiger partial charge is 0.488 e. The minimum absolute atomic E-state index is 0.0550. The number of amides is 2. The zero-order chi connectivity index (χ0) is 20.9. The van der Waals surface area contributed by atoms with Gasteiger partial charge in [0, 0.05) is 24.8 Å². The van der Waals surface area contributed by atoms with E-state index in [9.17, 15) is 9.59 Å². The van der Waals surface area contributed by atoms with E-state index in [0.29, 0.717) is 17.4 Å². The van der Waals surface area contributed by atoms with E-state index in [1.165, 1.54) is 24.3 Å². The van der Waals surface area contributed by atoms with E-state index < -0.39 is 0 Å². The molecule has 1 unspecified atom stereocenters. The normalized spacial score (nSPS) is 14.9. The number of benzene rings is 2. The van der Waals surface area contributed by atoms with Gasteiger partial charge in [0.2, 0.25) is 11.8 Å². The second-order valence-electron chi connectivity index (χ2n) is 6.88. The average molecular weight is 420 g/mol. The van der Waals surface area contributed by atoms with Crippen molar-refractivity contribution >= 4 is 40.0 Å². The summed E-state index contributed by atoms with van der Waals surface area (Å²) in [4.78, 5) is 30.3. The molecule has 2 aromatic carbocycles. The number of para-hydroxylation sites is 2. The molecule has 0 fully saturated rings. The number of rotatable bonds is 6. The van der Waals surface area contributed by atoms with Gasteiger partial charge in [0.15, 0.2) is 5.13 Å². The van der Waals surface area contributed by atoms with Crippen molar-refractivity contribution in [1.82, 2.24) is 10.3 Å². The van der Waals surface area contributed by atoms with E-state index >= 15 is 0 Å². The number of fused-ring (bicyclic) bond motifs is 1. The predicted octanol–water partition coefficient (Wildman–Crippen LogP) is 3.96. The standard InChI is InChI=1S/C23H21N3O3S/c1-16(27)26(19-8-3-2-4-9-19)23-25-18(15-30-23)11-12-22(28)24-14-20-13-17-7-5-6-10-21(17)29-20/h2-12,15,20H,13-14H2,1H3,(H,24,28)/b12-11+. The number of anilines is 2. The Balaban J connectivity index is 1.34. The molecule has 2 amide bonds. The molecule has 1 N–H and O–H groups in total. The van der Waals surface area contributed by atoms with Gasteiger partial charge in [-0.05, 0) is 29.8 Å². The van der Waals surface area contributed by atoms with Gasteiger partial charge >= 0.3 is 0 Å². The molecule has 0 saturated carbocycles. The molecule has 3 aromatic rings. The number of ether oxygens (including phenoxy) is 1. The zero-order valence-corrected chi connectivity index (χ0v) is 17.3. The maximum atomic E-state index is 12.2. The molecular formula is C23H21N3O3S. The van der Waals surface area contributed by atoms with Gasteiger partial charge in [-0.25, -0.2) is 4.98 Å². The van der Waals surface area contributed by atoms with E-state index in [1.54, 1.807) is 11.0 Å². The second kappa shape index (κ2) is 8.92. The zero-order valence-electron chi connectivity index (χ0n) is 16.4. The number of nitrogens with zero attached hydrogens (tertiary/aromatic N) is 2. The van der Waals surface area contributed by atoms with Crippen LogP contribution in [0.25, 0.3) is 6.08 Å². The van der Waals surface area contributed by atoms with Gasteiger partial charge < -0.3 is 10.1 Å². The summed E-state index contributed by atoms with van der Waals surface area (Å²) in [7, 11) is 0. The Morgan fingerprint density at radius 1 is 1.20 bits per heavy atom. The van der Waals surface area contributed by atoms with Gasteiger partial charge in [-0.1, -0.05) is 36.4 Å². The van der Waals surface area contributed by atoms with Crippen molar-refractivity contribution < 1.29 is 14.3 Å². The maximum Gasteiger partial charge on any atom is 0.244 e. The molecule has 0 saturated heterocycles. The molecule has 2 heterocycles. The fourth-order valence-corrected chi connectivity index (χ4v) is 4.12. The van der Waals surface area contributed by atoms with Crippen LogP contribution in [0.2, 0.25) is 0 Å². The fraction of sp³-hybridized carbons (Fsp3) is 0.174. The van der Waals surface area contributed by atoms with Crippen molar-refractivity contribution in [3.05, 3.63) is 77.3 Å². The minimum Gasteiger partial charge on any atom is -0.488 e. The molecular weight excluding hydrogens is 398 g/mol. The Hall–Kier alpha value is -3.45. The van der Waals surface area contributed by atoms with E-state index in [-0.39, 0.29) is 17.9 Å². The van der Waals surface area contributed by atoms with E-state index in [1.807, 2.05) is 60.0 Å². The van der Waals surface area contributed by atoms with Crippen LogP contribution < -0.4 is 15.0 Å². The smallest absolute Gasteiger partial charge is 0.244 e. The van der Waals surface area contributed by atoms with Crippen molar-refractivity contribution in [3.63, 3.8) is 0 Å². The number of carbonyl (C=O) groups is 2. The first-order chi connectivity index (χ1) is 14.6. The van der Waals surface area contributed by atoms with Crippen LogP contribution in [0.3, 0.4) is 0 Å². The Morgan fingerprint density at radius 3 is 2.73 bits per heavy atom. The molecule has 6 nitrogen and oxygen atoms in total. The third-order valence-corrected chi connectivity index (χ3v) is 5.50. The monoisotopic (exact) mass is 419 g/mol. The highest BCUT2D eigenvalue weighted by atomic mass is 32.1. The quantitative estimate of drug-likeness (QED) is 0.614. The molecule has 1 aliphatic heterocycles. The molecule has 1 aliphatic rings. The van der Waals surface area contributed by atoms with Gasteiger partial charge in [-0.15, -0.1) is 11.3 Å². The highest BCUT2D eigenvalue weighted by Gasteiger charge is 2.22. The van der Waals surface area contributed by atoms with Crippen LogP contribution in [0.4, 0.5) is 10.8 Å². The SMILES string of the molecule is CC(=O)N(c1ccccc1)c1nc(/C=C/C(=O)NCC2Cc3ccccc3O2)cs1. The van der Waals surface area contributed by atoms with Crippen LogP contribution in [0.1, 0.15) is 18.2 Å². The molecule has 1 aromatic heterocycles. The van der Waals surface area contributed by atoms with E-state index in [2.05, 4.69) is 10.3 Å². The Bertz CT molecular complexity index is 1050. The summed E-state index contributed by atoms with van der Waals surface area (Å²) < 4.78 is 5.83. The molecule has 4 rings (SSSR count). The predicted molar refractivity (Wildman–Crippen MR) is 118 cm³/mol. The van der Waals surface area contributed by atoms with Crippen molar-refractivity contribution in [2.45, 2.75) is 19.4 Å². The minimum atomic E-state index is -0.212. The van der Waals surface area contributed by atoms with Crippen molar-refractivity contribution in [3.8, 4) is 5.75 Å². The Morgan fingerprint density at radius 2 is 1.97 bits per heavy atom. The van der Waals surface area contributed by atoms with Gasteiger partial charge in [0.1, 0.15) is 11.9 Å². The molecule has 7 heteroatoms.